The summed E-state index contributed by atoms with van der Waals surface area (Å²) >= 11 is 0. The van der Waals surface area contributed by atoms with E-state index < -0.39 is 15.7 Å². The molecule has 1 aliphatic heterocycles. The van der Waals surface area contributed by atoms with Gasteiger partial charge in [0.15, 0.2) is 0 Å². The van der Waals surface area contributed by atoms with Crippen molar-refractivity contribution >= 4 is 21.1 Å². The molecule has 1 saturated heterocycles. The van der Waals surface area contributed by atoms with Crippen LogP contribution in [0, 0.1) is 0 Å². The Labute approximate surface area is 179 Å². The van der Waals surface area contributed by atoms with E-state index in [4.69, 9.17) is 0 Å². The molecule has 9 heteroatoms. The number of sulfonamides is 1. The first-order chi connectivity index (χ1) is 14.9. The molecule has 3 heterocycles. The normalized spacial score (nSPS) is 18.2. The van der Waals surface area contributed by atoms with Gasteiger partial charge in [-0.2, -0.15) is 4.31 Å². The van der Waals surface area contributed by atoms with Gasteiger partial charge in [0.05, 0.1) is 10.3 Å². The molecule has 0 atom stereocenters. The Bertz CT molecular complexity index is 1370. The van der Waals surface area contributed by atoms with E-state index in [2.05, 4.69) is 9.97 Å². The molecule has 0 spiro atoms. The van der Waals surface area contributed by atoms with E-state index >= 15 is 0 Å². The average molecular weight is 441 g/mol. The highest BCUT2D eigenvalue weighted by atomic mass is 32.2. The van der Waals surface area contributed by atoms with Crippen molar-refractivity contribution in [1.29, 1.82) is 0 Å². The Morgan fingerprint density at radius 3 is 2.52 bits per heavy atom. The molecule has 0 saturated carbocycles. The van der Waals surface area contributed by atoms with Gasteiger partial charge in [-0.15, -0.1) is 0 Å². The van der Waals surface area contributed by atoms with Crippen molar-refractivity contribution in [3.63, 3.8) is 0 Å². The molecule has 1 aromatic carbocycles. The molecule has 162 valence electrons. The molecule has 1 aliphatic carbocycles. The molecule has 0 amide bonds. The molecule has 0 bridgehead atoms. The van der Waals surface area contributed by atoms with Crippen molar-refractivity contribution in [3.8, 4) is 0 Å². The van der Waals surface area contributed by atoms with Crippen molar-refractivity contribution in [2.75, 3.05) is 13.1 Å². The van der Waals surface area contributed by atoms with Gasteiger partial charge in [0.1, 0.15) is 5.65 Å². The molecule has 0 unspecified atom stereocenters. The third-order valence-corrected chi connectivity index (χ3v) is 8.34. The Morgan fingerprint density at radius 2 is 1.74 bits per heavy atom. The smallest absolute Gasteiger partial charge is 0.291 e. The van der Waals surface area contributed by atoms with E-state index in [1.54, 1.807) is 18.2 Å². The monoisotopic (exact) mass is 440 g/mol. The highest BCUT2D eigenvalue weighted by molar-refractivity contribution is 7.89. The molecule has 5 rings (SSSR count). The van der Waals surface area contributed by atoms with Gasteiger partial charge in [-0.25, -0.2) is 18.2 Å². The summed E-state index contributed by atoms with van der Waals surface area (Å²) in [5.41, 5.74) is 1.74. The minimum atomic E-state index is -3.61. The van der Waals surface area contributed by atoms with Gasteiger partial charge in [0.2, 0.25) is 10.0 Å². The van der Waals surface area contributed by atoms with E-state index in [1.165, 1.54) is 20.6 Å². The number of aryl methyl sites for hydroxylation is 2. The van der Waals surface area contributed by atoms with Crippen LogP contribution in [0.3, 0.4) is 0 Å². The molecular weight excluding hydrogens is 416 g/mol. The van der Waals surface area contributed by atoms with Gasteiger partial charge in [-0.1, -0.05) is 6.07 Å². The number of nitrogens with zero attached hydrogens (tertiary/aromatic N) is 3. The van der Waals surface area contributed by atoms with Gasteiger partial charge in [-0.05, 0) is 73.9 Å². The first-order valence-corrected chi connectivity index (χ1v) is 12.1. The molecule has 1 N–H and O–H groups in total. The molecule has 8 nitrogen and oxygen atoms in total. The van der Waals surface area contributed by atoms with E-state index in [0.29, 0.717) is 23.1 Å². The second kappa shape index (κ2) is 7.72. The van der Waals surface area contributed by atoms with Crippen LogP contribution in [-0.4, -0.2) is 40.3 Å². The third-order valence-electron chi connectivity index (χ3n) is 6.45. The number of pyridine rings is 1. The Kier molecular flexibility index (Phi) is 5.02. The zero-order valence-corrected chi connectivity index (χ0v) is 17.9. The largest absolute Gasteiger partial charge is 0.330 e. The summed E-state index contributed by atoms with van der Waals surface area (Å²) in [7, 11) is -3.61. The third kappa shape index (κ3) is 3.51. The van der Waals surface area contributed by atoms with Crippen molar-refractivity contribution in [3.05, 3.63) is 68.5 Å². The van der Waals surface area contributed by atoms with Gasteiger partial charge in [0, 0.05) is 25.3 Å². The number of hydrogen-bond donors (Lipinski definition) is 1. The fourth-order valence-corrected chi connectivity index (χ4v) is 6.27. The molecule has 1 fully saturated rings. The van der Waals surface area contributed by atoms with Crippen LogP contribution in [0.4, 0.5) is 0 Å². The maximum atomic E-state index is 13.2. The fourth-order valence-electron chi connectivity index (χ4n) is 4.75. The highest BCUT2D eigenvalue weighted by Crippen LogP contribution is 2.29. The second-order valence-corrected chi connectivity index (χ2v) is 10.2. The first kappa shape index (κ1) is 20.1. The summed E-state index contributed by atoms with van der Waals surface area (Å²) in [6.45, 7) is 0.530. The zero-order chi connectivity index (χ0) is 21.6. The number of aromatic nitrogens is 3. The number of nitrogens with one attached hydrogen (secondary N) is 1. The van der Waals surface area contributed by atoms with E-state index in [1.807, 2.05) is 12.1 Å². The van der Waals surface area contributed by atoms with Crippen LogP contribution in [0.15, 0.2) is 51.0 Å². The van der Waals surface area contributed by atoms with Crippen LogP contribution in [0.1, 0.15) is 42.9 Å². The predicted octanol–water partition coefficient (Wildman–Crippen LogP) is 1.99. The van der Waals surface area contributed by atoms with E-state index in [9.17, 15) is 18.0 Å². The Morgan fingerprint density at radius 1 is 1.00 bits per heavy atom. The zero-order valence-electron chi connectivity index (χ0n) is 17.1. The summed E-state index contributed by atoms with van der Waals surface area (Å²) in [6, 6.07) is 8.40. The van der Waals surface area contributed by atoms with Crippen LogP contribution < -0.4 is 11.2 Å². The number of fused-ring (bicyclic) bond motifs is 2. The van der Waals surface area contributed by atoms with Crippen LogP contribution in [0.5, 0.6) is 0 Å². The highest BCUT2D eigenvalue weighted by Gasteiger charge is 2.31. The number of H-pyrrole nitrogens is 1. The van der Waals surface area contributed by atoms with Gasteiger partial charge in [-0.3, -0.25) is 14.3 Å². The quantitative estimate of drug-likeness (QED) is 0.671. The van der Waals surface area contributed by atoms with Crippen LogP contribution in [-0.2, 0) is 22.9 Å². The minimum absolute atomic E-state index is 0.265. The average Bonchev–Trinajstić information content (AvgIpc) is 2.79. The standard InChI is InChI=1S/C22H24N4O4S/c27-21-19-6-3-11-23-20(19)24-22(28)26(21)17-9-12-25(13-10-17)31(29,30)18-8-7-15-4-1-2-5-16(15)14-18/h3,6-8,11,14,17H,1-2,4-5,9-10,12-13H2,(H,23,24,28). The van der Waals surface area contributed by atoms with E-state index in [0.717, 1.165) is 31.2 Å². The number of hydrogen-bond acceptors (Lipinski definition) is 5. The SMILES string of the molecule is O=c1[nH]c2ncccc2c(=O)n1C1CCN(S(=O)(=O)c2ccc3c(c2)CCCC3)CC1. The molecule has 3 aromatic rings. The summed E-state index contributed by atoms with van der Waals surface area (Å²) in [6.07, 6.45) is 6.49. The molecule has 31 heavy (non-hydrogen) atoms. The Balaban J connectivity index is 1.39. The lowest BCUT2D eigenvalue weighted by Gasteiger charge is -2.32. The maximum Gasteiger partial charge on any atom is 0.330 e. The lowest BCUT2D eigenvalue weighted by molar-refractivity contribution is 0.266. The fraction of sp³-hybridized carbons (Fsp3) is 0.409. The number of aromatic amines is 1. The first-order valence-electron chi connectivity index (χ1n) is 10.7. The molecule has 2 aromatic heterocycles. The Hall–Kier alpha value is -2.78. The van der Waals surface area contributed by atoms with Crippen molar-refractivity contribution in [1.82, 2.24) is 18.8 Å². The molecule has 0 radical (unpaired) electrons. The van der Waals surface area contributed by atoms with Crippen molar-refractivity contribution in [2.24, 2.45) is 0 Å². The summed E-state index contributed by atoms with van der Waals surface area (Å²) in [4.78, 5) is 32.4. The molecule has 2 aliphatic rings. The lowest BCUT2D eigenvalue weighted by Crippen LogP contribution is -2.45. The van der Waals surface area contributed by atoms with Gasteiger partial charge in [0.25, 0.3) is 5.56 Å². The molecular formula is C22H24N4O4S. The lowest BCUT2D eigenvalue weighted by atomic mass is 9.92. The van der Waals surface area contributed by atoms with E-state index in [-0.39, 0.29) is 30.3 Å². The van der Waals surface area contributed by atoms with Crippen LogP contribution in [0.2, 0.25) is 0 Å². The number of piperidine rings is 1. The minimum Gasteiger partial charge on any atom is -0.291 e. The summed E-state index contributed by atoms with van der Waals surface area (Å²) in [5.74, 6) is 0. The van der Waals surface area contributed by atoms with Crippen molar-refractivity contribution < 1.29 is 8.42 Å². The predicted molar refractivity (Wildman–Crippen MR) is 117 cm³/mol. The van der Waals surface area contributed by atoms with Crippen LogP contribution >= 0.6 is 0 Å². The second-order valence-electron chi connectivity index (χ2n) is 8.28. The van der Waals surface area contributed by atoms with Crippen LogP contribution in [0.25, 0.3) is 11.0 Å². The number of benzene rings is 1. The van der Waals surface area contributed by atoms with Gasteiger partial charge < -0.3 is 0 Å². The topological polar surface area (TPSA) is 105 Å². The number of rotatable bonds is 3. The maximum absolute atomic E-state index is 13.2. The van der Waals surface area contributed by atoms with Gasteiger partial charge >= 0.3 is 5.69 Å². The summed E-state index contributed by atoms with van der Waals surface area (Å²) in [5, 5.41) is 0.353. The van der Waals surface area contributed by atoms with Crippen molar-refractivity contribution in [2.45, 2.75) is 49.5 Å². The summed E-state index contributed by atoms with van der Waals surface area (Å²) < 4.78 is 29.1.